The lowest BCUT2D eigenvalue weighted by atomic mass is 10.1. The largest absolute Gasteiger partial charge is 0.423 e. The third-order valence-electron chi connectivity index (χ3n) is 5.41. The first-order chi connectivity index (χ1) is 16.4. The van der Waals surface area contributed by atoms with E-state index >= 15 is 0 Å². The van der Waals surface area contributed by atoms with Crippen molar-refractivity contribution in [3.8, 4) is 11.3 Å². The van der Waals surface area contributed by atoms with Gasteiger partial charge in [-0.1, -0.05) is 6.07 Å². The Balaban J connectivity index is 1.55. The van der Waals surface area contributed by atoms with Crippen LogP contribution in [0.1, 0.15) is 28.4 Å². The number of carbonyl (C=O) groups is 1. The number of alkyl halides is 3. The molecule has 0 bridgehead atoms. The van der Waals surface area contributed by atoms with Crippen LogP contribution in [-0.4, -0.2) is 36.5 Å². The first-order valence-electron chi connectivity index (χ1n) is 10.2. The number of nitro benzene ring substituents is 1. The van der Waals surface area contributed by atoms with Gasteiger partial charge in [-0.15, -0.1) is 11.3 Å². The maximum atomic E-state index is 13.2. The summed E-state index contributed by atoms with van der Waals surface area (Å²) in [7, 11) is -3.38. The van der Waals surface area contributed by atoms with E-state index in [0.29, 0.717) is 42.0 Å². The molecule has 1 amide bonds. The average Bonchev–Trinajstić information content (AvgIpc) is 3.45. The average molecular weight is 527 g/mol. The second-order valence-corrected chi connectivity index (χ2v) is 10.6. The van der Waals surface area contributed by atoms with Crippen molar-refractivity contribution in [2.24, 2.45) is 0 Å². The SMILES string of the molecule is CCS(=O)(=O)N1CCc2cc(-c3csc(NC(=O)c4ccc([N+](=O)[O-])c(C(F)(F)F)c4)n3)ccc21. The number of fused-ring (bicyclic) bond motifs is 1. The summed E-state index contributed by atoms with van der Waals surface area (Å²) >= 11 is 1.05. The Morgan fingerprint density at radius 2 is 2.00 bits per heavy atom. The molecule has 14 heteroatoms. The number of hydrogen-bond donors (Lipinski definition) is 1. The maximum Gasteiger partial charge on any atom is 0.423 e. The topological polar surface area (TPSA) is 123 Å². The smallest absolute Gasteiger partial charge is 0.298 e. The van der Waals surface area contributed by atoms with Crippen molar-refractivity contribution in [2.45, 2.75) is 19.5 Å². The van der Waals surface area contributed by atoms with Gasteiger partial charge in [-0.25, -0.2) is 13.4 Å². The first kappa shape index (κ1) is 24.6. The molecule has 0 radical (unpaired) electrons. The minimum absolute atomic E-state index is 0.0113. The third kappa shape index (κ3) is 4.84. The monoisotopic (exact) mass is 526 g/mol. The predicted molar refractivity (Wildman–Crippen MR) is 124 cm³/mol. The third-order valence-corrected chi connectivity index (χ3v) is 7.95. The van der Waals surface area contributed by atoms with E-state index in [1.807, 2.05) is 6.07 Å². The standard InChI is InChI=1S/C21H17F3N4O5S2/c1-2-35(32,33)27-8-7-13-9-12(3-5-17(13)27)16-11-34-20(25-16)26-19(29)14-4-6-18(28(30)31)15(10-14)21(22,23)24/h3-6,9-11H,2,7-8H2,1H3,(H,25,26,29). The fraction of sp³-hybridized carbons (Fsp3) is 0.238. The molecule has 4 rings (SSSR count). The zero-order chi connectivity index (χ0) is 25.5. The number of aromatic nitrogens is 1. The molecular weight excluding hydrogens is 509 g/mol. The number of thiazole rings is 1. The molecule has 184 valence electrons. The molecule has 35 heavy (non-hydrogen) atoms. The van der Waals surface area contributed by atoms with Gasteiger partial charge in [-0.2, -0.15) is 13.2 Å². The van der Waals surface area contributed by atoms with E-state index in [9.17, 15) is 36.5 Å². The lowest BCUT2D eigenvalue weighted by Gasteiger charge is -2.18. The highest BCUT2D eigenvalue weighted by atomic mass is 32.2. The Bertz CT molecular complexity index is 1440. The summed E-state index contributed by atoms with van der Waals surface area (Å²) in [5, 5.41) is 15.1. The lowest BCUT2D eigenvalue weighted by Crippen LogP contribution is -2.30. The van der Waals surface area contributed by atoms with Gasteiger partial charge < -0.3 is 0 Å². The van der Waals surface area contributed by atoms with Crippen molar-refractivity contribution in [2.75, 3.05) is 21.9 Å². The quantitative estimate of drug-likeness (QED) is 0.367. The highest BCUT2D eigenvalue weighted by molar-refractivity contribution is 7.92. The van der Waals surface area contributed by atoms with Gasteiger partial charge in [0.05, 0.1) is 22.1 Å². The summed E-state index contributed by atoms with van der Waals surface area (Å²) in [5.74, 6) is -0.914. The van der Waals surface area contributed by atoms with Crippen LogP contribution in [0.2, 0.25) is 0 Å². The number of halogens is 3. The van der Waals surface area contributed by atoms with Gasteiger partial charge in [0.1, 0.15) is 5.56 Å². The molecule has 0 aliphatic carbocycles. The van der Waals surface area contributed by atoms with E-state index in [1.165, 1.54) is 4.31 Å². The highest BCUT2D eigenvalue weighted by Gasteiger charge is 2.39. The number of nitrogens with one attached hydrogen (secondary N) is 1. The molecule has 0 atom stereocenters. The van der Waals surface area contributed by atoms with Crippen LogP contribution >= 0.6 is 11.3 Å². The van der Waals surface area contributed by atoms with Crippen molar-refractivity contribution in [1.29, 1.82) is 0 Å². The van der Waals surface area contributed by atoms with Crippen LogP contribution in [0.15, 0.2) is 41.8 Å². The normalized spacial score (nSPS) is 13.5. The number of benzene rings is 2. The van der Waals surface area contributed by atoms with Gasteiger partial charge in [-0.05, 0) is 43.2 Å². The van der Waals surface area contributed by atoms with Crippen molar-refractivity contribution in [3.63, 3.8) is 0 Å². The molecule has 2 heterocycles. The Morgan fingerprint density at radius 3 is 2.66 bits per heavy atom. The fourth-order valence-corrected chi connectivity index (χ4v) is 5.55. The summed E-state index contributed by atoms with van der Waals surface area (Å²) in [5.41, 5.74) is -0.452. The molecular formula is C21H17F3N4O5S2. The van der Waals surface area contributed by atoms with Gasteiger partial charge in [0.15, 0.2) is 5.13 Å². The molecule has 3 aromatic rings. The molecule has 9 nitrogen and oxygen atoms in total. The molecule has 0 saturated heterocycles. The molecule has 0 unspecified atom stereocenters. The van der Waals surface area contributed by atoms with E-state index in [-0.39, 0.29) is 10.9 Å². The van der Waals surface area contributed by atoms with E-state index in [0.717, 1.165) is 23.0 Å². The minimum Gasteiger partial charge on any atom is -0.298 e. The molecule has 0 spiro atoms. The van der Waals surface area contributed by atoms with Crippen molar-refractivity contribution in [1.82, 2.24) is 4.98 Å². The minimum atomic E-state index is -5.01. The van der Waals surface area contributed by atoms with Crippen molar-refractivity contribution < 1.29 is 31.3 Å². The number of hydrogen-bond acceptors (Lipinski definition) is 7. The van der Waals surface area contributed by atoms with Crippen LogP contribution < -0.4 is 9.62 Å². The summed E-state index contributed by atoms with van der Waals surface area (Å²) in [6.45, 7) is 1.93. The van der Waals surface area contributed by atoms with Gasteiger partial charge >= 0.3 is 6.18 Å². The van der Waals surface area contributed by atoms with Crippen LogP contribution in [0, 0.1) is 10.1 Å². The number of carbonyl (C=O) groups excluding carboxylic acids is 1. The van der Waals surface area contributed by atoms with Crippen LogP contribution in [0.25, 0.3) is 11.3 Å². The summed E-state index contributed by atoms with van der Waals surface area (Å²) in [6, 6.07) is 7.21. The summed E-state index contributed by atoms with van der Waals surface area (Å²) < 4.78 is 65.4. The van der Waals surface area contributed by atoms with Crippen LogP contribution in [-0.2, 0) is 22.6 Å². The lowest BCUT2D eigenvalue weighted by molar-refractivity contribution is -0.388. The van der Waals surface area contributed by atoms with Gasteiger partial charge in [-0.3, -0.25) is 24.5 Å². The second-order valence-electron chi connectivity index (χ2n) is 7.55. The Labute approximate surface area is 201 Å². The molecule has 1 aliphatic rings. The molecule has 1 N–H and O–H groups in total. The molecule has 2 aromatic carbocycles. The number of rotatable bonds is 6. The van der Waals surface area contributed by atoms with E-state index in [1.54, 1.807) is 24.4 Å². The Hall–Kier alpha value is -3.52. The zero-order valence-electron chi connectivity index (χ0n) is 18.0. The van der Waals surface area contributed by atoms with Crippen LogP contribution in [0.5, 0.6) is 0 Å². The summed E-state index contributed by atoms with van der Waals surface area (Å²) in [4.78, 5) is 26.5. The highest BCUT2D eigenvalue weighted by Crippen LogP contribution is 2.37. The molecule has 0 fully saturated rings. The number of nitro groups is 1. The molecule has 1 aliphatic heterocycles. The zero-order valence-corrected chi connectivity index (χ0v) is 19.6. The van der Waals surface area contributed by atoms with E-state index < -0.39 is 43.8 Å². The number of amides is 1. The van der Waals surface area contributed by atoms with Crippen molar-refractivity contribution >= 4 is 43.8 Å². The number of anilines is 2. The van der Waals surface area contributed by atoms with Gasteiger partial charge in [0.25, 0.3) is 11.6 Å². The Morgan fingerprint density at radius 1 is 1.26 bits per heavy atom. The number of nitrogens with zero attached hydrogens (tertiary/aromatic N) is 3. The van der Waals surface area contributed by atoms with Gasteiger partial charge in [0, 0.05) is 29.1 Å². The van der Waals surface area contributed by atoms with Gasteiger partial charge in [0.2, 0.25) is 10.0 Å². The first-order valence-corrected chi connectivity index (χ1v) is 12.7. The fourth-order valence-electron chi connectivity index (χ4n) is 3.67. The van der Waals surface area contributed by atoms with Crippen molar-refractivity contribution in [3.05, 3.63) is 68.6 Å². The molecule has 1 aromatic heterocycles. The summed E-state index contributed by atoms with van der Waals surface area (Å²) in [6.07, 6.45) is -4.47. The van der Waals surface area contributed by atoms with Crippen LogP contribution in [0.3, 0.4) is 0 Å². The Kier molecular flexibility index (Phi) is 6.27. The maximum absolute atomic E-state index is 13.2. The van der Waals surface area contributed by atoms with E-state index in [2.05, 4.69) is 10.3 Å². The number of sulfonamides is 1. The predicted octanol–water partition coefficient (Wildman–Crippen LogP) is 4.70. The second kappa shape index (κ2) is 8.92. The van der Waals surface area contributed by atoms with E-state index in [4.69, 9.17) is 0 Å². The van der Waals surface area contributed by atoms with Crippen LogP contribution in [0.4, 0.5) is 29.7 Å². The molecule has 0 saturated carbocycles.